The number of carbonyl (C=O) groups is 1. The van der Waals surface area contributed by atoms with Crippen LogP contribution in [0.1, 0.15) is 6.42 Å². The van der Waals surface area contributed by atoms with Crippen molar-refractivity contribution in [2.24, 2.45) is 0 Å². The smallest absolute Gasteiger partial charge is 0.305 e. The molecule has 0 spiro atoms. The summed E-state index contributed by atoms with van der Waals surface area (Å²) in [4.78, 5) is 10.8. The van der Waals surface area contributed by atoms with E-state index in [4.69, 9.17) is 39.9 Å². The van der Waals surface area contributed by atoms with Gasteiger partial charge in [-0.1, -0.05) is 34.8 Å². The number of aliphatic carboxylic acids is 1. The van der Waals surface area contributed by atoms with Gasteiger partial charge in [-0.25, -0.2) is 8.42 Å². The molecule has 0 saturated heterocycles. The molecule has 24 heavy (non-hydrogen) atoms. The Balaban J connectivity index is 2.49. The molecular weight excluding hydrogens is 397 g/mol. The van der Waals surface area contributed by atoms with Gasteiger partial charge >= 0.3 is 5.97 Å². The second kappa shape index (κ2) is 7.61. The summed E-state index contributed by atoms with van der Waals surface area (Å²) in [6.45, 7) is -0.237. The SMILES string of the molecule is O=C(O)CCN(c1ccc(Cl)cc1)S(=O)(=O)c1ccc(Cl)c(Cl)c1. The number of carboxylic acid groups (broad SMARTS) is 1. The maximum atomic E-state index is 12.9. The zero-order valence-corrected chi connectivity index (χ0v) is 15.2. The highest BCUT2D eigenvalue weighted by Crippen LogP contribution is 2.29. The maximum Gasteiger partial charge on any atom is 0.305 e. The van der Waals surface area contributed by atoms with Gasteiger partial charge in [-0.05, 0) is 42.5 Å². The molecule has 0 aliphatic carbocycles. The first-order valence-electron chi connectivity index (χ1n) is 6.67. The third kappa shape index (κ3) is 4.33. The number of sulfonamides is 1. The summed E-state index contributed by atoms with van der Waals surface area (Å²) in [6, 6.07) is 9.95. The summed E-state index contributed by atoms with van der Waals surface area (Å²) in [5, 5.41) is 9.63. The molecule has 0 aliphatic rings. The molecule has 2 aromatic carbocycles. The van der Waals surface area contributed by atoms with Crippen LogP contribution in [0.3, 0.4) is 0 Å². The van der Waals surface area contributed by atoms with Crippen molar-refractivity contribution < 1.29 is 18.3 Å². The van der Waals surface area contributed by atoms with Crippen molar-refractivity contribution in [3.05, 3.63) is 57.5 Å². The molecule has 0 aliphatic heterocycles. The van der Waals surface area contributed by atoms with Gasteiger partial charge < -0.3 is 5.11 Å². The van der Waals surface area contributed by atoms with Crippen LogP contribution in [-0.2, 0) is 14.8 Å². The van der Waals surface area contributed by atoms with Gasteiger partial charge in [-0.15, -0.1) is 0 Å². The average Bonchev–Trinajstić information content (AvgIpc) is 2.51. The van der Waals surface area contributed by atoms with Gasteiger partial charge in [-0.2, -0.15) is 0 Å². The highest BCUT2D eigenvalue weighted by atomic mass is 35.5. The lowest BCUT2D eigenvalue weighted by Crippen LogP contribution is -2.33. The molecule has 0 unspecified atom stereocenters. The minimum absolute atomic E-state index is 0.0859. The van der Waals surface area contributed by atoms with Crippen molar-refractivity contribution in [1.29, 1.82) is 0 Å². The van der Waals surface area contributed by atoms with Crippen molar-refractivity contribution >= 4 is 56.5 Å². The van der Waals surface area contributed by atoms with Crippen molar-refractivity contribution in [1.82, 2.24) is 0 Å². The zero-order chi connectivity index (χ0) is 17.9. The van der Waals surface area contributed by atoms with E-state index in [1.165, 1.54) is 42.5 Å². The van der Waals surface area contributed by atoms with E-state index in [0.717, 1.165) is 4.31 Å². The van der Waals surface area contributed by atoms with E-state index in [1.807, 2.05) is 0 Å². The molecular formula is C15H12Cl3NO4S. The van der Waals surface area contributed by atoms with Gasteiger partial charge in [0.25, 0.3) is 10.0 Å². The number of benzene rings is 2. The quantitative estimate of drug-likeness (QED) is 0.772. The molecule has 1 N–H and O–H groups in total. The van der Waals surface area contributed by atoms with Crippen molar-refractivity contribution in [2.75, 3.05) is 10.8 Å². The van der Waals surface area contributed by atoms with Gasteiger partial charge in [0.15, 0.2) is 0 Å². The van der Waals surface area contributed by atoms with E-state index in [9.17, 15) is 13.2 Å². The summed E-state index contributed by atoms with van der Waals surface area (Å²) in [6.07, 6.45) is -0.358. The summed E-state index contributed by atoms with van der Waals surface area (Å²) in [5.74, 6) is -1.11. The molecule has 0 heterocycles. The molecule has 128 valence electrons. The van der Waals surface area contributed by atoms with E-state index in [-0.39, 0.29) is 27.9 Å². The van der Waals surface area contributed by atoms with Gasteiger partial charge in [0.05, 0.1) is 27.0 Å². The van der Waals surface area contributed by atoms with Gasteiger partial charge in [-0.3, -0.25) is 9.10 Å². The molecule has 0 saturated carbocycles. The Bertz CT molecular complexity index is 854. The maximum absolute atomic E-state index is 12.9. The molecule has 5 nitrogen and oxygen atoms in total. The number of rotatable bonds is 6. The van der Waals surface area contributed by atoms with E-state index in [1.54, 1.807) is 0 Å². The summed E-state index contributed by atoms with van der Waals surface area (Å²) < 4.78 is 26.8. The second-order valence-corrected chi connectivity index (χ2v) is 7.89. The summed E-state index contributed by atoms with van der Waals surface area (Å²) in [7, 11) is -4.02. The first-order valence-corrected chi connectivity index (χ1v) is 9.24. The number of carboxylic acids is 1. The fourth-order valence-electron chi connectivity index (χ4n) is 1.96. The van der Waals surface area contributed by atoms with Gasteiger partial charge in [0.1, 0.15) is 0 Å². The Labute approximate surface area is 154 Å². The zero-order valence-electron chi connectivity index (χ0n) is 12.1. The van der Waals surface area contributed by atoms with Crippen LogP contribution in [0.25, 0.3) is 0 Å². The Hall–Kier alpha value is -1.47. The molecule has 0 fully saturated rings. The predicted octanol–water partition coefficient (Wildman–Crippen LogP) is 4.32. The number of halogens is 3. The normalized spacial score (nSPS) is 11.3. The first kappa shape index (κ1) is 18.9. The molecule has 9 heteroatoms. The minimum atomic E-state index is -4.02. The van der Waals surface area contributed by atoms with E-state index < -0.39 is 16.0 Å². The molecule has 0 atom stereocenters. The highest BCUT2D eigenvalue weighted by Gasteiger charge is 2.26. The molecule has 0 aromatic heterocycles. The largest absolute Gasteiger partial charge is 0.481 e. The standard InChI is InChI=1S/C15H12Cl3NO4S/c16-10-1-3-11(4-2-10)19(8-7-15(20)21)24(22,23)12-5-6-13(17)14(18)9-12/h1-6,9H,7-8H2,(H,20,21). The predicted molar refractivity (Wildman–Crippen MR) is 94.7 cm³/mol. The summed E-state index contributed by atoms with van der Waals surface area (Å²) >= 11 is 17.5. The lowest BCUT2D eigenvalue weighted by atomic mass is 10.3. The number of nitrogens with zero attached hydrogens (tertiary/aromatic N) is 1. The third-order valence-corrected chi connectivity index (χ3v) is 5.94. The molecule has 0 bridgehead atoms. The van der Waals surface area contributed by atoms with Crippen LogP contribution >= 0.6 is 34.8 Å². The second-order valence-electron chi connectivity index (χ2n) is 4.77. The molecule has 2 aromatic rings. The van der Waals surface area contributed by atoms with E-state index in [0.29, 0.717) is 10.7 Å². The topological polar surface area (TPSA) is 74.7 Å². The van der Waals surface area contributed by atoms with Crippen LogP contribution in [-0.4, -0.2) is 26.0 Å². The fourth-order valence-corrected chi connectivity index (χ4v) is 3.94. The molecule has 0 radical (unpaired) electrons. The third-order valence-electron chi connectivity index (χ3n) is 3.12. The lowest BCUT2D eigenvalue weighted by Gasteiger charge is -2.24. The van der Waals surface area contributed by atoms with Crippen molar-refractivity contribution in [2.45, 2.75) is 11.3 Å². The van der Waals surface area contributed by atoms with Crippen molar-refractivity contribution in [3.63, 3.8) is 0 Å². The Kier molecular flexibility index (Phi) is 5.98. The van der Waals surface area contributed by atoms with Crippen LogP contribution in [0.2, 0.25) is 15.1 Å². The number of anilines is 1. The summed E-state index contributed by atoms with van der Waals surface area (Å²) in [5.41, 5.74) is 0.298. The van der Waals surface area contributed by atoms with E-state index >= 15 is 0 Å². The fraction of sp³-hybridized carbons (Fsp3) is 0.133. The highest BCUT2D eigenvalue weighted by molar-refractivity contribution is 7.92. The Morgan fingerprint density at radius 2 is 1.62 bits per heavy atom. The Morgan fingerprint density at radius 3 is 2.17 bits per heavy atom. The van der Waals surface area contributed by atoms with Gasteiger partial charge in [0.2, 0.25) is 0 Å². The van der Waals surface area contributed by atoms with E-state index in [2.05, 4.69) is 0 Å². The Morgan fingerprint density at radius 1 is 1.00 bits per heavy atom. The van der Waals surface area contributed by atoms with Crippen molar-refractivity contribution in [3.8, 4) is 0 Å². The van der Waals surface area contributed by atoms with Gasteiger partial charge in [0, 0.05) is 11.6 Å². The molecule has 2 rings (SSSR count). The van der Waals surface area contributed by atoms with Crippen LogP contribution in [0.5, 0.6) is 0 Å². The first-order chi connectivity index (χ1) is 11.2. The number of hydrogen-bond acceptors (Lipinski definition) is 3. The van der Waals surface area contributed by atoms with Crippen LogP contribution in [0.15, 0.2) is 47.4 Å². The van der Waals surface area contributed by atoms with Crippen LogP contribution in [0, 0.1) is 0 Å². The average molecular weight is 409 g/mol. The lowest BCUT2D eigenvalue weighted by molar-refractivity contribution is -0.136. The van der Waals surface area contributed by atoms with Crippen LogP contribution < -0.4 is 4.31 Å². The number of hydrogen-bond donors (Lipinski definition) is 1. The van der Waals surface area contributed by atoms with Crippen LogP contribution in [0.4, 0.5) is 5.69 Å². The molecule has 0 amide bonds. The minimum Gasteiger partial charge on any atom is -0.481 e. The monoisotopic (exact) mass is 407 g/mol.